The number of sulfone groups is 1. The van der Waals surface area contributed by atoms with Crippen molar-refractivity contribution in [1.29, 1.82) is 5.26 Å². The number of carbonyl (C=O) groups is 2. The molecule has 0 N–H and O–H groups in total. The number of aromatic nitrogens is 2. The van der Waals surface area contributed by atoms with Crippen LogP contribution < -0.4 is 0 Å². The molecule has 0 saturated carbocycles. The van der Waals surface area contributed by atoms with E-state index >= 15 is 0 Å². The van der Waals surface area contributed by atoms with Crippen molar-refractivity contribution in [3.05, 3.63) is 113 Å². The fourth-order valence-corrected chi connectivity index (χ4v) is 9.56. The molecule has 3 aromatic carbocycles. The highest BCUT2D eigenvalue weighted by Crippen LogP contribution is 2.38. The van der Waals surface area contributed by atoms with Gasteiger partial charge in [-0.15, -0.1) is 0 Å². The molecule has 4 aromatic rings. The molecule has 0 bridgehead atoms. The summed E-state index contributed by atoms with van der Waals surface area (Å²) < 4.78 is 59.8. The van der Waals surface area contributed by atoms with E-state index in [4.69, 9.17) is 9.84 Å². The van der Waals surface area contributed by atoms with Crippen molar-refractivity contribution in [1.82, 2.24) is 19.0 Å². The fraction of sp³-hybridized carbons (Fsp3) is 0.222. The third-order valence-electron chi connectivity index (χ3n) is 8.95. The number of morpholine rings is 1. The van der Waals surface area contributed by atoms with Crippen molar-refractivity contribution in [2.24, 2.45) is 0 Å². The lowest BCUT2D eigenvalue weighted by molar-refractivity contribution is -0.142. The molecule has 1 unspecified atom stereocenters. The van der Waals surface area contributed by atoms with E-state index in [1.165, 1.54) is 16.4 Å². The zero-order chi connectivity index (χ0) is 35.0. The standard InChI is InChI=1S/C36H31N5O7S2/c37-22-32-33(25-7-3-1-4-8-25)31(35(42)41(36(32)43)29-15-20-49(44,45)24-29)21-27-23-40(28-9-5-2-6-10-28)38-34(27)26-11-13-30(14-12-26)50(46,47)39-16-18-48-19-17-39/h1-14,21,23,29H,15-20,24H2/b31-21-. The molecule has 3 aliphatic rings. The smallest absolute Gasteiger partial charge is 0.272 e. The number of nitrogens with zero attached hydrogens (tertiary/aromatic N) is 5. The zero-order valence-corrected chi connectivity index (χ0v) is 28.3. The summed E-state index contributed by atoms with van der Waals surface area (Å²) in [7, 11) is -7.24. The van der Waals surface area contributed by atoms with Gasteiger partial charge in [-0.05, 0) is 42.3 Å². The maximum absolute atomic E-state index is 14.4. The van der Waals surface area contributed by atoms with Gasteiger partial charge in [-0.2, -0.15) is 14.7 Å². The SMILES string of the molecule is N#CC1=C(c2ccccc2)/C(=C/c2cn(-c3ccccc3)nc2-c2ccc(S(=O)(=O)N3CCOCC3)cc2)C(=O)N(C2CCS(=O)(=O)C2)C1=O. The molecule has 0 radical (unpaired) electrons. The van der Waals surface area contributed by atoms with Crippen LogP contribution in [-0.4, -0.2) is 91.5 Å². The quantitative estimate of drug-likeness (QED) is 0.207. The Kier molecular flexibility index (Phi) is 8.83. The number of imide groups is 1. The summed E-state index contributed by atoms with van der Waals surface area (Å²) in [5.74, 6) is -2.11. The first-order chi connectivity index (χ1) is 24.1. The average molecular weight is 710 g/mol. The van der Waals surface area contributed by atoms with Crippen LogP contribution in [-0.2, 0) is 34.2 Å². The minimum atomic E-state index is -3.76. The lowest BCUT2D eigenvalue weighted by Crippen LogP contribution is -2.49. The van der Waals surface area contributed by atoms with Crippen LogP contribution in [0.15, 0.2) is 107 Å². The highest BCUT2D eigenvalue weighted by molar-refractivity contribution is 7.91. The first kappa shape index (κ1) is 33.3. The van der Waals surface area contributed by atoms with Crippen LogP contribution in [0.4, 0.5) is 0 Å². The number of rotatable bonds is 7. The number of hydrogen-bond acceptors (Lipinski definition) is 9. The third-order valence-corrected chi connectivity index (χ3v) is 12.6. The van der Waals surface area contributed by atoms with Gasteiger partial charge in [0.25, 0.3) is 11.8 Å². The largest absolute Gasteiger partial charge is 0.379 e. The van der Waals surface area contributed by atoms with E-state index in [0.29, 0.717) is 41.3 Å². The molecule has 1 atom stereocenters. The molecule has 4 heterocycles. The minimum Gasteiger partial charge on any atom is -0.379 e. The third kappa shape index (κ3) is 6.20. The molecular formula is C36H31N5O7S2. The Labute approximate surface area is 289 Å². The van der Waals surface area contributed by atoms with Crippen LogP contribution in [0.2, 0.25) is 0 Å². The Morgan fingerprint density at radius 2 is 1.54 bits per heavy atom. The molecule has 7 rings (SSSR count). The van der Waals surface area contributed by atoms with Crippen molar-refractivity contribution >= 4 is 43.3 Å². The molecule has 0 aliphatic carbocycles. The second kappa shape index (κ2) is 13.3. The topological polar surface area (TPSA) is 160 Å². The van der Waals surface area contributed by atoms with E-state index in [1.54, 1.807) is 59.4 Å². The lowest BCUT2D eigenvalue weighted by Gasteiger charge is -2.32. The minimum absolute atomic E-state index is 0.0250. The maximum atomic E-state index is 14.4. The van der Waals surface area contributed by atoms with Crippen molar-refractivity contribution < 1.29 is 31.2 Å². The number of carbonyl (C=O) groups excluding carboxylic acids is 2. The molecule has 1 aromatic heterocycles. The lowest BCUT2D eigenvalue weighted by atomic mass is 9.86. The number of hydrogen-bond donors (Lipinski definition) is 0. The summed E-state index contributed by atoms with van der Waals surface area (Å²) in [6, 6.07) is 25.2. The molecule has 3 aliphatic heterocycles. The maximum Gasteiger partial charge on any atom is 0.272 e. The first-order valence-electron chi connectivity index (χ1n) is 15.9. The van der Waals surface area contributed by atoms with Crippen molar-refractivity contribution in [2.75, 3.05) is 37.8 Å². The van der Waals surface area contributed by atoms with Gasteiger partial charge in [0.05, 0.1) is 52.6 Å². The van der Waals surface area contributed by atoms with Gasteiger partial charge in [0.15, 0.2) is 9.84 Å². The number of sulfonamides is 1. The fourth-order valence-electron chi connectivity index (χ4n) is 6.45. The first-order valence-corrected chi connectivity index (χ1v) is 19.2. The Balaban J connectivity index is 1.39. The van der Waals surface area contributed by atoms with Crippen LogP contribution in [0.25, 0.3) is 28.6 Å². The van der Waals surface area contributed by atoms with E-state index in [0.717, 1.165) is 4.90 Å². The van der Waals surface area contributed by atoms with Crippen molar-refractivity contribution in [2.45, 2.75) is 17.4 Å². The monoisotopic (exact) mass is 709 g/mol. The van der Waals surface area contributed by atoms with Gasteiger partial charge in [0.1, 0.15) is 11.6 Å². The van der Waals surface area contributed by atoms with Gasteiger partial charge in [-0.25, -0.2) is 21.5 Å². The Morgan fingerprint density at radius 1 is 0.880 bits per heavy atom. The highest BCUT2D eigenvalue weighted by atomic mass is 32.2. The highest BCUT2D eigenvalue weighted by Gasteiger charge is 2.45. The predicted octanol–water partition coefficient (Wildman–Crippen LogP) is 3.48. The molecule has 50 heavy (non-hydrogen) atoms. The van der Waals surface area contributed by atoms with E-state index in [-0.39, 0.29) is 52.6 Å². The molecule has 2 amide bonds. The summed E-state index contributed by atoms with van der Waals surface area (Å²) >= 11 is 0. The average Bonchev–Trinajstić information content (AvgIpc) is 3.73. The van der Waals surface area contributed by atoms with Gasteiger partial charge in [0, 0.05) is 36.0 Å². The number of para-hydroxylation sites is 1. The van der Waals surface area contributed by atoms with E-state index in [1.807, 2.05) is 36.4 Å². The van der Waals surface area contributed by atoms with Crippen molar-refractivity contribution in [3.63, 3.8) is 0 Å². The van der Waals surface area contributed by atoms with Gasteiger partial charge in [-0.3, -0.25) is 14.5 Å². The number of nitriles is 1. The number of ether oxygens (including phenoxy) is 1. The van der Waals surface area contributed by atoms with E-state index in [2.05, 4.69) is 0 Å². The summed E-state index contributed by atoms with van der Waals surface area (Å²) in [5.41, 5.74) is 2.46. The molecule has 254 valence electrons. The normalized spacial score (nSPS) is 20.7. The second-order valence-electron chi connectivity index (χ2n) is 12.1. The molecular weight excluding hydrogens is 679 g/mol. The summed E-state index contributed by atoms with van der Waals surface area (Å²) in [5, 5.41) is 15.1. The van der Waals surface area contributed by atoms with Crippen molar-refractivity contribution in [3.8, 4) is 23.0 Å². The second-order valence-corrected chi connectivity index (χ2v) is 16.2. The van der Waals surface area contributed by atoms with Gasteiger partial charge < -0.3 is 4.74 Å². The summed E-state index contributed by atoms with van der Waals surface area (Å²) in [6.07, 6.45) is 3.34. The number of amides is 2. The van der Waals surface area contributed by atoms with Crippen LogP contribution in [0.3, 0.4) is 0 Å². The van der Waals surface area contributed by atoms with Gasteiger partial charge >= 0.3 is 0 Å². The predicted molar refractivity (Wildman–Crippen MR) is 184 cm³/mol. The molecule has 2 fully saturated rings. The van der Waals surface area contributed by atoms with E-state index < -0.39 is 37.7 Å². The van der Waals surface area contributed by atoms with Crippen LogP contribution in [0.1, 0.15) is 17.5 Å². The Hall–Kier alpha value is -5.20. The van der Waals surface area contributed by atoms with Crippen LogP contribution in [0, 0.1) is 11.3 Å². The zero-order valence-electron chi connectivity index (χ0n) is 26.7. The summed E-state index contributed by atoms with van der Waals surface area (Å²) in [4.78, 5) is 29.2. The summed E-state index contributed by atoms with van der Waals surface area (Å²) in [6.45, 7) is 1.14. The van der Waals surface area contributed by atoms with Crippen LogP contribution >= 0.6 is 0 Å². The van der Waals surface area contributed by atoms with Crippen LogP contribution in [0.5, 0.6) is 0 Å². The molecule has 12 nitrogen and oxygen atoms in total. The molecule has 2 saturated heterocycles. The Bertz CT molecular complexity index is 2300. The number of benzene rings is 3. The molecule has 14 heteroatoms. The van der Waals surface area contributed by atoms with Gasteiger partial charge in [-0.1, -0.05) is 60.7 Å². The van der Waals surface area contributed by atoms with Gasteiger partial charge in [0.2, 0.25) is 10.0 Å². The molecule has 0 spiro atoms. The Morgan fingerprint density at radius 3 is 2.16 bits per heavy atom. The van der Waals surface area contributed by atoms with E-state index in [9.17, 15) is 31.7 Å².